The SMILES string of the molecule is CC(C)CCN(C)CC(C)(N)C#N. The van der Waals surface area contributed by atoms with E-state index in [1.165, 1.54) is 0 Å². The summed E-state index contributed by atoms with van der Waals surface area (Å²) in [5.41, 5.74) is 5.00. The van der Waals surface area contributed by atoms with Gasteiger partial charge in [-0.1, -0.05) is 13.8 Å². The Hall–Kier alpha value is -0.590. The fourth-order valence-corrected chi connectivity index (χ4v) is 1.15. The quantitative estimate of drug-likeness (QED) is 0.697. The normalized spacial score (nSPS) is 15.8. The van der Waals surface area contributed by atoms with Crippen molar-refractivity contribution in [3.63, 3.8) is 0 Å². The molecule has 1 unspecified atom stereocenters. The monoisotopic (exact) mass is 183 g/mol. The molecule has 2 N–H and O–H groups in total. The van der Waals surface area contributed by atoms with Gasteiger partial charge in [-0.15, -0.1) is 0 Å². The zero-order chi connectivity index (χ0) is 10.5. The Kier molecular flexibility index (Phi) is 4.97. The Bertz CT molecular complexity index is 179. The Labute approximate surface area is 81.5 Å². The van der Waals surface area contributed by atoms with Crippen LogP contribution in [-0.2, 0) is 0 Å². The molecular formula is C10H21N3. The highest BCUT2D eigenvalue weighted by Gasteiger charge is 2.19. The minimum atomic E-state index is -0.717. The Balaban J connectivity index is 3.76. The summed E-state index contributed by atoms with van der Waals surface area (Å²) in [6, 6.07) is 2.10. The molecule has 3 nitrogen and oxygen atoms in total. The smallest absolute Gasteiger partial charge is 0.114 e. The lowest BCUT2D eigenvalue weighted by atomic mass is 10.1. The highest BCUT2D eigenvalue weighted by molar-refractivity contribution is 5.02. The summed E-state index contributed by atoms with van der Waals surface area (Å²) >= 11 is 0. The molecule has 0 aromatic rings. The fraction of sp³-hybridized carbons (Fsp3) is 0.900. The number of rotatable bonds is 5. The lowest BCUT2D eigenvalue weighted by Gasteiger charge is -2.24. The van der Waals surface area contributed by atoms with Crippen molar-refractivity contribution < 1.29 is 0 Å². The molecule has 0 heterocycles. The Morgan fingerprint density at radius 3 is 2.46 bits per heavy atom. The summed E-state index contributed by atoms with van der Waals surface area (Å²) in [4.78, 5) is 2.11. The molecule has 3 heteroatoms. The molecule has 0 rings (SSSR count). The van der Waals surface area contributed by atoms with Gasteiger partial charge in [0.2, 0.25) is 0 Å². The van der Waals surface area contributed by atoms with Crippen LogP contribution in [0.25, 0.3) is 0 Å². The van der Waals surface area contributed by atoms with Gasteiger partial charge in [0.15, 0.2) is 0 Å². The van der Waals surface area contributed by atoms with E-state index in [2.05, 4.69) is 24.8 Å². The summed E-state index contributed by atoms with van der Waals surface area (Å²) in [7, 11) is 2.00. The maximum absolute atomic E-state index is 8.72. The lowest BCUT2D eigenvalue weighted by Crippen LogP contribution is -2.45. The third-order valence-electron chi connectivity index (χ3n) is 1.94. The molecule has 0 spiro atoms. The molecule has 0 saturated heterocycles. The molecule has 0 bridgehead atoms. The van der Waals surface area contributed by atoms with E-state index in [1.54, 1.807) is 6.92 Å². The van der Waals surface area contributed by atoms with E-state index in [4.69, 9.17) is 11.0 Å². The number of nitriles is 1. The third-order valence-corrected chi connectivity index (χ3v) is 1.94. The molecule has 0 amide bonds. The molecule has 76 valence electrons. The molecule has 0 aliphatic rings. The Morgan fingerprint density at radius 2 is 2.08 bits per heavy atom. The van der Waals surface area contributed by atoms with Crippen LogP contribution in [0.5, 0.6) is 0 Å². The maximum atomic E-state index is 8.72. The largest absolute Gasteiger partial charge is 0.313 e. The van der Waals surface area contributed by atoms with Crippen molar-refractivity contribution in [2.24, 2.45) is 11.7 Å². The molecular weight excluding hydrogens is 162 g/mol. The van der Waals surface area contributed by atoms with Crippen molar-refractivity contribution in [3.8, 4) is 6.07 Å². The zero-order valence-corrected chi connectivity index (χ0v) is 9.17. The van der Waals surface area contributed by atoms with Crippen LogP contribution in [-0.4, -0.2) is 30.6 Å². The van der Waals surface area contributed by atoms with Crippen LogP contribution in [0.4, 0.5) is 0 Å². The zero-order valence-electron chi connectivity index (χ0n) is 9.17. The van der Waals surface area contributed by atoms with Crippen molar-refractivity contribution in [1.82, 2.24) is 4.90 Å². The first kappa shape index (κ1) is 12.4. The van der Waals surface area contributed by atoms with E-state index in [0.717, 1.165) is 13.0 Å². The second kappa shape index (κ2) is 5.21. The van der Waals surface area contributed by atoms with Crippen molar-refractivity contribution in [1.29, 1.82) is 5.26 Å². The van der Waals surface area contributed by atoms with E-state index in [0.29, 0.717) is 12.5 Å². The van der Waals surface area contributed by atoms with E-state index in [1.807, 2.05) is 7.05 Å². The van der Waals surface area contributed by atoms with E-state index >= 15 is 0 Å². The van der Waals surface area contributed by atoms with Crippen LogP contribution >= 0.6 is 0 Å². The minimum Gasteiger partial charge on any atom is -0.313 e. The molecule has 0 aliphatic heterocycles. The first-order valence-corrected chi connectivity index (χ1v) is 4.76. The van der Waals surface area contributed by atoms with Crippen molar-refractivity contribution in [2.45, 2.75) is 32.7 Å². The maximum Gasteiger partial charge on any atom is 0.114 e. The molecule has 0 radical (unpaired) electrons. The lowest BCUT2D eigenvalue weighted by molar-refractivity contribution is 0.273. The molecule has 0 aromatic carbocycles. The van der Waals surface area contributed by atoms with Gasteiger partial charge in [-0.2, -0.15) is 5.26 Å². The topological polar surface area (TPSA) is 53.0 Å². The second-order valence-electron chi connectivity index (χ2n) is 4.45. The Morgan fingerprint density at radius 1 is 1.54 bits per heavy atom. The van der Waals surface area contributed by atoms with Gasteiger partial charge in [-0.25, -0.2) is 0 Å². The molecule has 0 fully saturated rings. The van der Waals surface area contributed by atoms with Crippen LogP contribution < -0.4 is 5.73 Å². The predicted molar refractivity (Wildman–Crippen MR) is 55.2 cm³/mol. The first-order chi connectivity index (χ1) is 5.87. The fourth-order valence-electron chi connectivity index (χ4n) is 1.15. The van der Waals surface area contributed by atoms with Crippen LogP contribution in [0.3, 0.4) is 0 Å². The summed E-state index contributed by atoms with van der Waals surface area (Å²) in [5.74, 6) is 0.702. The highest BCUT2D eigenvalue weighted by atomic mass is 15.1. The standard InChI is InChI=1S/C10H21N3/c1-9(2)5-6-13(4)8-10(3,12)7-11/h9H,5-6,8,12H2,1-4H3. The molecule has 1 atom stereocenters. The summed E-state index contributed by atoms with van der Waals surface area (Å²) in [5, 5.41) is 8.72. The number of likely N-dealkylation sites (N-methyl/N-ethyl adjacent to an activating group) is 1. The number of nitrogens with zero attached hydrogens (tertiary/aromatic N) is 2. The van der Waals surface area contributed by atoms with E-state index < -0.39 is 5.54 Å². The second-order valence-corrected chi connectivity index (χ2v) is 4.45. The van der Waals surface area contributed by atoms with Crippen molar-refractivity contribution >= 4 is 0 Å². The number of nitrogens with two attached hydrogens (primary N) is 1. The van der Waals surface area contributed by atoms with Gasteiger partial charge in [0, 0.05) is 6.54 Å². The van der Waals surface area contributed by atoms with Gasteiger partial charge in [0.05, 0.1) is 6.07 Å². The summed E-state index contributed by atoms with van der Waals surface area (Å²) in [6.45, 7) is 7.79. The van der Waals surface area contributed by atoms with Gasteiger partial charge >= 0.3 is 0 Å². The molecule has 0 aliphatic carbocycles. The average molecular weight is 183 g/mol. The predicted octanol–water partition coefficient (Wildman–Crippen LogP) is 1.21. The number of hydrogen-bond acceptors (Lipinski definition) is 3. The molecule has 0 aromatic heterocycles. The summed E-state index contributed by atoms with van der Waals surface area (Å²) < 4.78 is 0. The summed E-state index contributed by atoms with van der Waals surface area (Å²) in [6.07, 6.45) is 1.15. The highest BCUT2D eigenvalue weighted by Crippen LogP contribution is 2.04. The first-order valence-electron chi connectivity index (χ1n) is 4.76. The minimum absolute atomic E-state index is 0.635. The van der Waals surface area contributed by atoms with Crippen molar-refractivity contribution in [2.75, 3.05) is 20.1 Å². The van der Waals surface area contributed by atoms with Crippen molar-refractivity contribution in [3.05, 3.63) is 0 Å². The van der Waals surface area contributed by atoms with Crippen LogP contribution in [0.15, 0.2) is 0 Å². The van der Waals surface area contributed by atoms with Gasteiger partial charge < -0.3 is 10.6 Å². The number of hydrogen-bond donors (Lipinski definition) is 1. The third kappa shape index (κ3) is 6.56. The van der Waals surface area contributed by atoms with Gasteiger partial charge in [0.25, 0.3) is 0 Å². The van der Waals surface area contributed by atoms with Gasteiger partial charge in [0.1, 0.15) is 5.54 Å². The molecule has 0 saturated carbocycles. The van der Waals surface area contributed by atoms with E-state index in [9.17, 15) is 0 Å². The average Bonchev–Trinajstić information content (AvgIpc) is 2.00. The van der Waals surface area contributed by atoms with Gasteiger partial charge in [-0.05, 0) is 32.9 Å². The van der Waals surface area contributed by atoms with Crippen LogP contribution in [0.2, 0.25) is 0 Å². The van der Waals surface area contributed by atoms with E-state index in [-0.39, 0.29) is 0 Å². The van der Waals surface area contributed by atoms with Gasteiger partial charge in [-0.3, -0.25) is 0 Å². The van der Waals surface area contributed by atoms with Crippen LogP contribution in [0.1, 0.15) is 27.2 Å². The molecule has 13 heavy (non-hydrogen) atoms. The van der Waals surface area contributed by atoms with Crippen LogP contribution in [0, 0.1) is 17.2 Å².